The van der Waals surface area contributed by atoms with Gasteiger partial charge in [0.05, 0.1) is 18.7 Å². The molecule has 0 N–H and O–H groups in total. The van der Waals surface area contributed by atoms with E-state index in [4.69, 9.17) is 26.6 Å². The van der Waals surface area contributed by atoms with Crippen molar-refractivity contribution in [3.8, 4) is 0 Å². The standard InChI is InChI=1S/C24H54O6Si3/c1-13-16-25-19-31(22(4,5)6)28-32(23(7,8)9,20-26-17-14-2)30-33(29-31,24(10,11)12)21-27-18-15-3/h13-21H2,1-12H3. The average molecular weight is 523 g/mol. The molecular formula is C24H54O6Si3. The van der Waals surface area contributed by atoms with E-state index >= 15 is 0 Å². The Kier molecular flexibility index (Phi) is 11.5. The molecule has 1 aliphatic heterocycles. The van der Waals surface area contributed by atoms with Crippen molar-refractivity contribution >= 4 is 25.7 Å². The highest BCUT2D eigenvalue weighted by Gasteiger charge is 2.72. The predicted octanol–water partition coefficient (Wildman–Crippen LogP) is 6.67. The van der Waals surface area contributed by atoms with E-state index < -0.39 is 25.7 Å². The third kappa shape index (κ3) is 7.45. The second-order valence-electron chi connectivity index (χ2n) is 12.5. The largest absolute Gasteiger partial charge is 0.412 e. The lowest BCUT2D eigenvalue weighted by Gasteiger charge is -2.62. The van der Waals surface area contributed by atoms with Crippen molar-refractivity contribution in [1.82, 2.24) is 0 Å². The summed E-state index contributed by atoms with van der Waals surface area (Å²) in [7, 11) is -8.75. The van der Waals surface area contributed by atoms with Gasteiger partial charge in [-0.05, 0) is 19.3 Å². The summed E-state index contributed by atoms with van der Waals surface area (Å²) in [5.74, 6) is 0. The predicted molar refractivity (Wildman–Crippen MR) is 143 cm³/mol. The topological polar surface area (TPSA) is 55.4 Å². The number of rotatable bonds is 12. The third-order valence-corrected chi connectivity index (χ3v) is 22.9. The molecule has 0 bridgehead atoms. The van der Waals surface area contributed by atoms with Gasteiger partial charge >= 0.3 is 25.7 Å². The lowest BCUT2D eigenvalue weighted by Crippen LogP contribution is -2.80. The van der Waals surface area contributed by atoms with Crippen LogP contribution in [0.5, 0.6) is 0 Å². The zero-order valence-corrected chi connectivity index (χ0v) is 26.8. The molecule has 1 heterocycles. The van der Waals surface area contributed by atoms with Crippen LogP contribution in [-0.2, 0) is 26.6 Å². The van der Waals surface area contributed by atoms with Gasteiger partial charge in [-0.3, -0.25) is 0 Å². The van der Waals surface area contributed by atoms with Crippen molar-refractivity contribution in [3.63, 3.8) is 0 Å². The zero-order valence-electron chi connectivity index (χ0n) is 23.8. The van der Waals surface area contributed by atoms with E-state index in [2.05, 4.69) is 83.1 Å². The molecule has 0 aromatic heterocycles. The molecule has 0 aromatic carbocycles. The molecule has 1 saturated heterocycles. The molecule has 0 saturated carbocycles. The summed E-state index contributed by atoms with van der Waals surface area (Å²) < 4.78 is 40.6. The highest BCUT2D eigenvalue weighted by Crippen LogP contribution is 2.55. The summed E-state index contributed by atoms with van der Waals surface area (Å²) in [5.41, 5.74) is 0. The molecule has 9 heteroatoms. The molecule has 0 aliphatic carbocycles. The van der Waals surface area contributed by atoms with Crippen molar-refractivity contribution < 1.29 is 26.6 Å². The summed E-state index contributed by atoms with van der Waals surface area (Å²) in [6.45, 7) is 28.7. The van der Waals surface area contributed by atoms with Gasteiger partial charge in [0.15, 0.2) is 0 Å². The summed E-state index contributed by atoms with van der Waals surface area (Å²) in [6, 6.07) is 0. The molecule has 0 amide bonds. The van der Waals surface area contributed by atoms with Gasteiger partial charge in [0, 0.05) is 34.9 Å². The molecule has 0 spiro atoms. The normalized spacial score (nSPS) is 29.5. The van der Waals surface area contributed by atoms with Crippen LogP contribution < -0.4 is 0 Å². The van der Waals surface area contributed by atoms with Crippen molar-refractivity contribution in [1.29, 1.82) is 0 Å². The van der Waals surface area contributed by atoms with Gasteiger partial charge in [-0.25, -0.2) is 0 Å². The van der Waals surface area contributed by atoms with Crippen molar-refractivity contribution in [2.24, 2.45) is 0 Å². The Bertz CT molecular complexity index is 493. The summed E-state index contributed by atoms with van der Waals surface area (Å²) in [4.78, 5) is 0. The Labute approximate surface area is 208 Å². The third-order valence-electron chi connectivity index (χ3n) is 6.34. The molecule has 33 heavy (non-hydrogen) atoms. The van der Waals surface area contributed by atoms with E-state index in [1.54, 1.807) is 0 Å². The van der Waals surface area contributed by atoms with Crippen LogP contribution in [0.2, 0.25) is 15.1 Å². The number of hydrogen-bond acceptors (Lipinski definition) is 6. The maximum Gasteiger partial charge on any atom is 0.352 e. The van der Waals surface area contributed by atoms with Crippen molar-refractivity contribution in [2.75, 3.05) is 38.5 Å². The number of hydrogen-bond donors (Lipinski definition) is 0. The first-order chi connectivity index (χ1) is 15.1. The van der Waals surface area contributed by atoms with Crippen LogP contribution in [0.1, 0.15) is 102 Å². The summed E-state index contributed by atoms with van der Waals surface area (Å²) in [5, 5.41) is -0.604. The minimum atomic E-state index is -2.92. The van der Waals surface area contributed by atoms with E-state index in [0.29, 0.717) is 38.5 Å². The van der Waals surface area contributed by atoms with Crippen molar-refractivity contribution in [2.45, 2.75) is 117 Å². The molecule has 0 radical (unpaired) electrons. The van der Waals surface area contributed by atoms with Gasteiger partial charge in [0.25, 0.3) is 0 Å². The Morgan fingerprint density at radius 2 is 0.667 bits per heavy atom. The Hall–Kier alpha value is 0.411. The fourth-order valence-electron chi connectivity index (χ4n) is 3.66. The second kappa shape index (κ2) is 12.1. The van der Waals surface area contributed by atoms with Gasteiger partial charge in [-0.15, -0.1) is 0 Å². The molecule has 1 rings (SSSR count). The van der Waals surface area contributed by atoms with E-state index in [0.717, 1.165) is 19.3 Å². The SMILES string of the molecule is CCCOC[Si]1(C(C)(C)C)O[Si](COCCC)(C(C)(C)C)O[Si](COCCC)(C(C)(C)C)O1. The quantitative estimate of drug-likeness (QED) is 0.211. The van der Waals surface area contributed by atoms with Gasteiger partial charge in [-0.1, -0.05) is 83.1 Å². The first-order valence-corrected chi connectivity index (χ1v) is 19.0. The first-order valence-electron chi connectivity index (χ1n) is 12.9. The maximum atomic E-state index is 7.30. The Balaban J connectivity index is 3.74. The fourth-order valence-corrected chi connectivity index (χ4v) is 23.0. The lowest BCUT2D eigenvalue weighted by molar-refractivity contribution is 0.0625. The monoisotopic (exact) mass is 522 g/mol. The molecule has 1 aliphatic rings. The Morgan fingerprint density at radius 3 is 0.818 bits per heavy atom. The molecular weight excluding hydrogens is 469 g/mol. The van der Waals surface area contributed by atoms with Crippen LogP contribution in [-0.4, -0.2) is 64.2 Å². The van der Waals surface area contributed by atoms with Crippen LogP contribution in [0.4, 0.5) is 0 Å². The molecule has 6 nitrogen and oxygen atoms in total. The highest BCUT2D eigenvalue weighted by molar-refractivity contribution is 6.97. The Morgan fingerprint density at radius 1 is 0.455 bits per heavy atom. The van der Waals surface area contributed by atoms with Crippen LogP contribution in [0.15, 0.2) is 0 Å². The van der Waals surface area contributed by atoms with E-state index in [-0.39, 0.29) is 15.1 Å². The van der Waals surface area contributed by atoms with Gasteiger partial charge in [-0.2, -0.15) is 0 Å². The van der Waals surface area contributed by atoms with Gasteiger partial charge in [0.2, 0.25) is 0 Å². The zero-order chi connectivity index (χ0) is 25.6. The van der Waals surface area contributed by atoms with E-state index in [1.165, 1.54) is 0 Å². The summed E-state index contributed by atoms with van der Waals surface area (Å²) >= 11 is 0. The fraction of sp³-hybridized carbons (Fsp3) is 1.00. The van der Waals surface area contributed by atoms with Crippen LogP contribution >= 0.6 is 0 Å². The van der Waals surface area contributed by atoms with E-state index in [1.807, 2.05) is 0 Å². The number of ether oxygens (including phenoxy) is 3. The first kappa shape index (κ1) is 31.4. The molecule has 1 fully saturated rings. The van der Waals surface area contributed by atoms with Crippen LogP contribution in [0.25, 0.3) is 0 Å². The molecule has 198 valence electrons. The molecule has 0 atom stereocenters. The highest BCUT2D eigenvalue weighted by atomic mass is 28.5. The summed E-state index contributed by atoms with van der Waals surface area (Å²) in [6.07, 6.45) is 4.41. The smallest absolute Gasteiger partial charge is 0.352 e. The minimum Gasteiger partial charge on any atom is -0.412 e. The van der Waals surface area contributed by atoms with Gasteiger partial charge in [0.1, 0.15) is 0 Å². The lowest BCUT2D eigenvalue weighted by atomic mass is 10.2. The second-order valence-corrected chi connectivity index (χ2v) is 24.8. The van der Waals surface area contributed by atoms with Crippen LogP contribution in [0.3, 0.4) is 0 Å². The van der Waals surface area contributed by atoms with Gasteiger partial charge < -0.3 is 26.6 Å². The van der Waals surface area contributed by atoms with Crippen LogP contribution in [0, 0.1) is 0 Å². The minimum absolute atomic E-state index is 0.201. The van der Waals surface area contributed by atoms with Crippen molar-refractivity contribution in [3.05, 3.63) is 0 Å². The molecule has 0 unspecified atom stereocenters. The van der Waals surface area contributed by atoms with E-state index in [9.17, 15) is 0 Å². The molecule has 0 aromatic rings. The average Bonchev–Trinajstić information content (AvgIpc) is 2.66. The maximum absolute atomic E-state index is 7.30.